The second-order valence-corrected chi connectivity index (χ2v) is 10.3. The van der Waals surface area contributed by atoms with E-state index in [1.54, 1.807) is 17.8 Å². The third-order valence-electron chi connectivity index (χ3n) is 8.22. The molecule has 7 rings (SSSR count). The third-order valence-corrected chi connectivity index (χ3v) is 8.22. The SMILES string of the molecule is Oc1ccccc1C=Nc1ccc(C23C[C@@H]4C[C@H](CC(c5ccccc5)(C4)C2)C3)cc1. The van der Waals surface area contributed by atoms with Gasteiger partial charge < -0.3 is 5.11 Å². The van der Waals surface area contributed by atoms with Crippen LogP contribution in [0.25, 0.3) is 0 Å². The van der Waals surface area contributed by atoms with E-state index in [9.17, 15) is 5.11 Å². The smallest absolute Gasteiger partial charge is 0.124 e. The highest BCUT2D eigenvalue weighted by molar-refractivity contribution is 5.85. The van der Waals surface area contributed by atoms with Crippen LogP contribution in [0, 0.1) is 11.8 Å². The minimum Gasteiger partial charge on any atom is -0.507 e. The van der Waals surface area contributed by atoms with Crippen LogP contribution in [-0.4, -0.2) is 11.3 Å². The molecule has 0 aliphatic heterocycles. The monoisotopic (exact) mass is 407 g/mol. The van der Waals surface area contributed by atoms with Crippen LogP contribution in [0.1, 0.15) is 55.2 Å². The Hall–Kier alpha value is -2.87. The summed E-state index contributed by atoms with van der Waals surface area (Å²) in [5.41, 5.74) is 5.44. The molecule has 0 radical (unpaired) electrons. The van der Waals surface area contributed by atoms with Crippen LogP contribution < -0.4 is 0 Å². The normalized spacial score (nSPS) is 31.4. The quantitative estimate of drug-likeness (QED) is 0.467. The molecule has 4 aliphatic carbocycles. The van der Waals surface area contributed by atoms with Crippen molar-refractivity contribution in [1.29, 1.82) is 0 Å². The molecule has 1 N–H and O–H groups in total. The molecule has 2 atom stereocenters. The van der Waals surface area contributed by atoms with Gasteiger partial charge in [0.15, 0.2) is 0 Å². The number of hydrogen-bond acceptors (Lipinski definition) is 2. The van der Waals surface area contributed by atoms with Crippen LogP contribution in [0.4, 0.5) is 5.69 Å². The van der Waals surface area contributed by atoms with Gasteiger partial charge in [-0.1, -0.05) is 54.6 Å². The Bertz CT molecular complexity index is 1100. The number of aromatic hydroxyl groups is 1. The van der Waals surface area contributed by atoms with Crippen LogP contribution in [0.2, 0.25) is 0 Å². The van der Waals surface area contributed by atoms with Crippen LogP contribution >= 0.6 is 0 Å². The van der Waals surface area contributed by atoms with E-state index in [1.807, 2.05) is 18.2 Å². The molecule has 4 aliphatic rings. The number of rotatable bonds is 4. The molecule has 0 amide bonds. The molecule has 0 spiro atoms. The zero-order valence-corrected chi connectivity index (χ0v) is 17.9. The highest BCUT2D eigenvalue weighted by Gasteiger charge is 2.58. The van der Waals surface area contributed by atoms with Crippen molar-refractivity contribution in [3.63, 3.8) is 0 Å². The van der Waals surface area contributed by atoms with Crippen molar-refractivity contribution >= 4 is 11.9 Å². The van der Waals surface area contributed by atoms with E-state index < -0.39 is 0 Å². The molecular weight excluding hydrogens is 378 g/mol. The highest BCUT2D eigenvalue weighted by atomic mass is 16.3. The van der Waals surface area contributed by atoms with Gasteiger partial charge in [-0.15, -0.1) is 0 Å². The maximum atomic E-state index is 9.96. The van der Waals surface area contributed by atoms with Gasteiger partial charge in [0.2, 0.25) is 0 Å². The fourth-order valence-corrected chi connectivity index (χ4v) is 7.37. The summed E-state index contributed by atoms with van der Waals surface area (Å²) in [6.45, 7) is 0. The van der Waals surface area contributed by atoms with Gasteiger partial charge in [-0.2, -0.15) is 0 Å². The van der Waals surface area contributed by atoms with Crippen molar-refractivity contribution in [3.05, 3.63) is 95.6 Å². The Morgan fingerprint density at radius 2 is 1.29 bits per heavy atom. The zero-order chi connectivity index (χ0) is 20.9. The van der Waals surface area contributed by atoms with Crippen LogP contribution in [0.3, 0.4) is 0 Å². The fourth-order valence-electron chi connectivity index (χ4n) is 7.37. The minimum absolute atomic E-state index is 0.266. The number of aliphatic imine (C=N–C) groups is 1. The fraction of sp³-hybridized carbons (Fsp3) is 0.345. The van der Waals surface area contributed by atoms with Gasteiger partial charge >= 0.3 is 0 Å². The third kappa shape index (κ3) is 3.20. The topological polar surface area (TPSA) is 32.6 Å². The van der Waals surface area contributed by atoms with Gasteiger partial charge in [0.05, 0.1) is 5.69 Å². The van der Waals surface area contributed by atoms with Crippen LogP contribution in [0.15, 0.2) is 83.9 Å². The number of nitrogens with zero attached hydrogens (tertiary/aromatic N) is 1. The summed E-state index contributed by atoms with van der Waals surface area (Å²) in [5.74, 6) is 1.99. The van der Waals surface area contributed by atoms with Gasteiger partial charge in [-0.25, -0.2) is 0 Å². The van der Waals surface area contributed by atoms with E-state index in [0.717, 1.165) is 23.1 Å². The van der Waals surface area contributed by atoms with E-state index in [0.29, 0.717) is 10.8 Å². The molecule has 4 fully saturated rings. The summed E-state index contributed by atoms with van der Waals surface area (Å²) in [4.78, 5) is 4.60. The van der Waals surface area contributed by atoms with Gasteiger partial charge in [-0.05, 0) is 96.6 Å². The Kier molecular flexibility index (Phi) is 4.31. The van der Waals surface area contributed by atoms with Crippen molar-refractivity contribution in [1.82, 2.24) is 0 Å². The number of hydrogen-bond donors (Lipinski definition) is 1. The first-order chi connectivity index (χ1) is 15.1. The summed E-state index contributed by atoms with van der Waals surface area (Å²) < 4.78 is 0. The first-order valence-corrected chi connectivity index (χ1v) is 11.6. The number of phenolic OH excluding ortho intramolecular Hbond substituents is 1. The van der Waals surface area contributed by atoms with E-state index in [4.69, 9.17) is 0 Å². The largest absolute Gasteiger partial charge is 0.507 e. The second kappa shape index (κ2) is 7.09. The Morgan fingerprint density at radius 3 is 1.94 bits per heavy atom. The summed E-state index contributed by atoms with van der Waals surface area (Å²) in [6, 6.07) is 27.6. The van der Waals surface area contributed by atoms with Gasteiger partial charge in [0, 0.05) is 11.8 Å². The van der Waals surface area contributed by atoms with Crippen molar-refractivity contribution in [2.45, 2.75) is 49.4 Å². The lowest BCUT2D eigenvalue weighted by molar-refractivity contribution is -0.0281. The van der Waals surface area contributed by atoms with Crippen LogP contribution in [0.5, 0.6) is 5.75 Å². The summed E-state index contributed by atoms with van der Waals surface area (Å²) in [7, 11) is 0. The summed E-state index contributed by atoms with van der Waals surface area (Å²) in [5, 5.41) is 9.96. The summed E-state index contributed by atoms with van der Waals surface area (Å²) >= 11 is 0. The number of para-hydroxylation sites is 1. The van der Waals surface area contributed by atoms with Gasteiger partial charge in [-0.3, -0.25) is 4.99 Å². The van der Waals surface area contributed by atoms with E-state index in [-0.39, 0.29) is 5.75 Å². The molecule has 0 saturated heterocycles. The Balaban J connectivity index is 1.30. The molecule has 2 nitrogen and oxygen atoms in total. The van der Waals surface area contributed by atoms with Crippen molar-refractivity contribution in [2.24, 2.45) is 16.8 Å². The van der Waals surface area contributed by atoms with Gasteiger partial charge in [0.25, 0.3) is 0 Å². The molecule has 31 heavy (non-hydrogen) atoms. The maximum absolute atomic E-state index is 9.96. The lowest BCUT2D eigenvalue weighted by atomic mass is 9.42. The Morgan fingerprint density at radius 1 is 0.710 bits per heavy atom. The Labute approximate surface area is 184 Å². The van der Waals surface area contributed by atoms with Crippen molar-refractivity contribution in [3.8, 4) is 5.75 Å². The van der Waals surface area contributed by atoms with E-state index in [1.165, 1.54) is 44.1 Å². The molecule has 3 aromatic carbocycles. The summed E-state index contributed by atoms with van der Waals surface area (Å²) in [6.07, 6.45) is 9.91. The number of phenols is 1. The molecule has 3 aromatic rings. The first kappa shape index (κ1) is 18.9. The van der Waals surface area contributed by atoms with Crippen molar-refractivity contribution in [2.75, 3.05) is 0 Å². The molecule has 156 valence electrons. The standard InChI is InChI=1S/C29H29NO/c31-27-9-5-4-6-23(27)19-30-26-12-10-25(11-13-26)29-17-21-14-22(18-29)16-28(15-21,20-29)24-7-2-1-3-8-24/h1-13,19,21-22,31H,14-18,20H2/t21-,22-,28?,29?/m1/s1. The lowest BCUT2D eigenvalue weighted by Crippen LogP contribution is -2.55. The average molecular weight is 408 g/mol. The minimum atomic E-state index is 0.266. The first-order valence-electron chi connectivity index (χ1n) is 11.6. The predicted octanol–water partition coefficient (Wildman–Crippen LogP) is 6.93. The maximum Gasteiger partial charge on any atom is 0.124 e. The molecule has 0 aromatic heterocycles. The molecule has 2 heteroatoms. The van der Waals surface area contributed by atoms with E-state index in [2.05, 4.69) is 59.6 Å². The number of benzene rings is 3. The van der Waals surface area contributed by atoms with E-state index >= 15 is 0 Å². The highest BCUT2D eigenvalue weighted by Crippen LogP contribution is 2.66. The molecule has 0 unspecified atom stereocenters. The predicted molar refractivity (Wildman–Crippen MR) is 126 cm³/mol. The molecule has 0 heterocycles. The average Bonchev–Trinajstić information content (AvgIpc) is 2.79. The van der Waals surface area contributed by atoms with Crippen molar-refractivity contribution < 1.29 is 5.11 Å². The molecule has 4 saturated carbocycles. The van der Waals surface area contributed by atoms with Crippen LogP contribution in [-0.2, 0) is 10.8 Å². The molecular formula is C29H29NO. The lowest BCUT2D eigenvalue weighted by Gasteiger charge is -2.62. The molecule has 4 bridgehead atoms. The second-order valence-electron chi connectivity index (χ2n) is 10.3. The zero-order valence-electron chi connectivity index (χ0n) is 17.9. The van der Waals surface area contributed by atoms with Gasteiger partial charge in [0.1, 0.15) is 5.75 Å².